The Kier molecular flexibility index (Phi) is 10.0. The molecule has 1 rings (SSSR count). The molecule has 0 radical (unpaired) electrons. The Hall–Kier alpha value is -2.08. The Balaban J connectivity index is 3.11. The van der Waals surface area contributed by atoms with Gasteiger partial charge in [0.1, 0.15) is 16.9 Å². The first kappa shape index (κ1) is 24.0. The highest BCUT2D eigenvalue weighted by atomic mass is 16.5. The van der Waals surface area contributed by atoms with Gasteiger partial charge < -0.3 is 19.5 Å². The molecule has 0 fully saturated rings. The SMILES string of the molecule is CCCO[C@@](C)(CCC)C(=O)Nc1ccc(O[C@@H](C)CC)c(C(=O)OCC)c1. The molecule has 2 atom stereocenters. The van der Waals surface area contributed by atoms with Crippen molar-refractivity contribution >= 4 is 17.6 Å². The van der Waals surface area contributed by atoms with Crippen LogP contribution in [-0.2, 0) is 14.3 Å². The van der Waals surface area contributed by atoms with Crippen LogP contribution in [-0.4, -0.2) is 36.8 Å². The summed E-state index contributed by atoms with van der Waals surface area (Å²) >= 11 is 0. The third-order valence-electron chi connectivity index (χ3n) is 4.47. The molecule has 0 heterocycles. The first-order valence-corrected chi connectivity index (χ1v) is 10.2. The van der Waals surface area contributed by atoms with Crippen molar-refractivity contribution in [3.63, 3.8) is 0 Å². The van der Waals surface area contributed by atoms with Crippen LogP contribution < -0.4 is 10.1 Å². The van der Waals surface area contributed by atoms with E-state index in [2.05, 4.69) is 5.32 Å². The zero-order chi connectivity index (χ0) is 21.2. The van der Waals surface area contributed by atoms with Gasteiger partial charge in [0.2, 0.25) is 0 Å². The van der Waals surface area contributed by atoms with Gasteiger partial charge >= 0.3 is 5.97 Å². The Morgan fingerprint density at radius 1 is 1.14 bits per heavy atom. The summed E-state index contributed by atoms with van der Waals surface area (Å²) in [6.45, 7) is 12.3. The van der Waals surface area contributed by atoms with E-state index in [1.165, 1.54) is 0 Å². The Morgan fingerprint density at radius 2 is 1.86 bits per heavy atom. The average molecular weight is 394 g/mol. The summed E-state index contributed by atoms with van der Waals surface area (Å²) in [6, 6.07) is 5.02. The molecule has 6 nitrogen and oxygen atoms in total. The Labute approximate surface area is 168 Å². The van der Waals surface area contributed by atoms with Crippen LogP contribution in [0.3, 0.4) is 0 Å². The molecule has 0 bridgehead atoms. The van der Waals surface area contributed by atoms with E-state index in [-0.39, 0.29) is 18.6 Å². The molecule has 28 heavy (non-hydrogen) atoms. The number of carbonyl (C=O) groups excluding carboxylic acids is 2. The quantitative estimate of drug-likeness (QED) is 0.508. The topological polar surface area (TPSA) is 73.9 Å². The minimum absolute atomic E-state index is 0.0380. The maximum atomic E-state index is 12.9. The molecule has 0 aromatic heterocycles. The van der Waals surface area contributed by atoms with Crippen LogP contribution in [0.2, 0.25) is 0 Å². The van der Waals surface area contributed by atoms with Crippen LogP contribution in [0.25, 0.3) is 0 Å². The van der Waals surface area contributed by atoms with Crippen LogP contribution in [0.15, 0.2) is 18.2 Å². The van der Waals surface area contributed by atoms with E-state index in [1.807, 2.05) is 27.7 Å². The van der Waals surface area contributed by atoms with Gasteiger partial charge in [-0.3, -0.25) is 4.79 Å². The molecular weight excluding hydrogens is 358 g/mol. The highest BCUT2D eigenvalue weighted by molar-refractivity contribution is 5.99. The molecule has 1 amide bonds. The third kappa shape index (κ3) is 6.82. The van der Waals surface area contributed by atoms with Crippen molar-refractivity contribution in [2.45, 2.75) is 78.9 Å². The van der Waals surface area contributed by atoms with Crippen molar-refractivity contribution in [2.75, 3.05) is 18.5 Å². The zero-order valence-electron chi connectivity index (χ0n) is 18.1. The zero-order valence-corrected chi connectivity index (χ0v) is 18.1. The van der Waals surface area contributed by atoms with Gasteiger partial charge in [0.05, 0.1) is 12.7 Å². The van der Waals surface area contributed by atoms with E-state index in [0.717, 1.165) is 19.3 Å². The second-order valence-corrected chi connectivity index (χ2v) is 7.05. The van der Waals surface area contributed by atoms with E-state index in [4.69, 9.17) is 14.2 Å². The fourth-order valence-electron chi connectivity index (χ4n) is 2.70. The van der Waals surface area contributed by atoms with Crippen LogP contribution in [0.1, 0.15) is 77.6 Å². The number of esters is 1. The van der Waals surface area contributed by atoms with Crippen LogP contribution in [0.5, 0.6) is 5.75 Å². The molecule has 1 N–H and O–H groups in total. The minimum Gasteiger partial charge on any atom is -0.490 e. The van der Waals surface area contributed by atoms with Gasteiger partial charge in [-0.15, -0.1) is 0 Å². The maximum Gasteiger partial charge on any atom is 0.341 e. The predicted octanol–water partition coefficient (Wildman–Crippen LogP) is 4.96. The number of ether oxygens (including phenoxy) is 3. The molecular formula is C22H35NO5. The third-order valence-corrected chi connectivity index (χ3v) is 4.47. The number of amides is 1. The summed E-state index contributed by atoms with van der Waals surface area (Å²) < 4.78 is 16.8. The number of rotatable bonds is 12. The van der Waals surface area contributed by atoms with Gasteiger partial charge in [-0.1, -0.05) is 27.2 Å². The molecule has 1 aromatic rings. The van der Waals surface area contributed by atoms with Crippen LogP contribution in [0.4, 0.5) is 5.69 Å². The smallest absolute Gasteiger partial charge is 0.341 e. The predicted molar refractivity (Wildman–Crippen MR) is 111 cm³/mol. The summed E-state index contributed by atoms with van der Waals surface area (Å²) in [4.78, 5) is 25.2. The van der Waals surface area contributed by atoms with Gasteiger partial charge in [0, 0.05) is 12.3 Å². The summed E-state index contributed by atoms with van der Waals surface area (Å²) in [5.74, 6) is -0.256. The molecule has 1 aromatic carbocycles. The van der Waals surface area contributed by atoms with Crippen molar-refractivity contribution in [1.82, 2.24) is 0 Å². The number of carbonyl (C=O) groups is 2. The van der Waals surface area contributed by atoms with E-state index in [9.17, 15) is 9.59 Å². The maximum absolute atomic E-state index is 12.9. The molecule has 158 valence electrons. The Bertz CT molecular complexity index is 646. The lowest BCUT2D eigenvalue weighted by molar-refractivity contribution is -0.140. The number of nitrogens with one attached hydrogen (secondary N) is 1. The van der Waals surface area contributed by atoms with E-state index in [1.54, 1.807) is 32.0 Å². The standard InChI is InChI=1S/C22H35NO5/c1-7-13-22(6,27-14-8-2)21(25)23-17-11-12-19(28-16(5)9-3)18(15-17)20(24)26-10-4/h11-12,15-16H,7-10,13-14H2,1-6H3,(H,23,25)/t16-,22-/m0/s1. The largest absolute Gasteiger partial charge is 0.490 e. The molecule has 0 aliphatic heterocycles. The fourth-order valence-corrected chi connectivity index (χ4v) is 2.70. The van der Waals surface area contributed by atoms with Gasteiger partial charge in [-0.2, -0.15) is 0 Å². The van der Waals surface area contributed by atoms with E-state index < -0.39 is 11.6 Å². The molecule has 0 aliphatic carbocycles. The Morgan fingerprint density at radius 3 is 2.43 bits per heavy atom. The second kappa shape index (κ2) is 11.7. The lowest BCUT2D eigenvalue weighted by atomic mass is 9.98. The summed E-state index contributed by atoms with van der Waals surface area (Å²) in [5.41, 5.74) is -0.112. The highest BCUT2D eigenvalue weighted by Gasteiger charge is 2.33. The molecule has 0 aliphatic rings. The van der Waals surface area contributed by atoms with Crippen molar-refractivity contribution in [3.8, 4) is 5.75 Å². The number of hydrogen-bond acceptors (Lipinski definition) is 5. The molecule has 0 unspecified atom stereocenters. The van der Waals surface area contributed by atoms with Crippen molar-refractivity contribution in [1.29, 1.82) is 0 Å². The lowest BCUT2D eigenvalue weighted by Crippen LogP contribution is -2.43. The van der Waals surface area contributed by atoms with Crippen LogP contribution in [0, 0.1) is 0 Å². The molecule has 0 spiro atoms. The average Bonchev–Trinajstić information content (AvgIpc) is 2.67. The monoisotopic (exact) mass is 393 g/mol. The fraction of sp³-hybridized carbons (Fsp3) is 0.636. The van der Waals surface area contributed by atoms with Crippen molar-refractivity contribution in [2.24, 2.45) is 0 Å². The van der Waals surface area contributed by atoms with Crippen molar-refractivity contribution in [3.05, 3.63) is 23.8 Å². The molecule has 0 saturated carbocycles. The normalized spacial score (nSPS) is 14.1. The summed E-state index contributed by atoms with van der Waals surface area (Å²) in [6.07, 6.45) is 3.04. The first-order valence-electron chi connectivity index (χ1n) is 10.2. The number of anilines is 1. The van der Waals surface area contributed by atoms with Gasteiger partial charge in [0.25, 0.3) is 5.91 Å². The summed E-state index contributed by atoms with van der Waals surface area (Å²) in [7, 11) is 0. The van der Waals surface area contributed by atoms with Crippen LogP contribution >= 0.6 is 0 Å². The lowest BCUT2D eigenvalue weighted by Gasteiger charge is -2.28. The second-order valence-electron chi connectivity index (χ2n) is 7.05. The molecule has 6 heteroatoms. The first-order chi connectivity index (χ1) is 13.3. The van der Waals surface area contributed by atoms with Gasteiger partial charge in [-0.05, 0) is 58.2 Å². The highest BCUT2D eigenvalue weighted by Crippen LogP contribution is 2.27. The molecule has 0 saturated heterocycles. The number of hydrogen-bond donors (Lipinski definition) is 1. The van der Waals surface area contributed by atoms with Gasteiger partial charge in [0.15, 0.2) is 0 Å². The van der Waals surface area contributed by atoms with E-state index >= 15 is 0 Å². The summed E-state index contributed by atoms with van der Waals surface area (Å²) in [5, 5.41) is 2.88. The minimum atomic E-state index is -0.916. The van der Waals surface area contributed by atoms with Crippen molar-refractivity contribution < 1.29 is 23.8 Å². The number of benzene rings is 1. The van der Waals surface area contributed by atoms with Gasteiger partial charge in [-0.25, -0.2) is 4.79 Å². The van der Waals surface area contributed by atoms with E-state index in [0.29, 0.717) is 30.0 Å².